The third-order valence-electron chi connectivity index (χ3n) is 3.44. The van der Waals surface area contributed by atoms with Crippen molar-refractivity contribution >= 4 is 5.78 Å². The summed E-state index contributed by atoms with van der Waals surface area (Å²) in [4.78, 5) is 12.4. The quantitative estimate of drug-likeness (QED) is 0.499. The smallest absolute Gasteiger partial charge is 0.196 e. The van der Waals surface area contributed by atoms with Gasteiger partial charge < -0.3 is 0 Å². The third-order valence-corrected chi connectivity index (χ3v) is 3.44. The molecule has 3 heteroatoms. The van der Waals surface area contributed by atoms with Gasteiger partial charge in [0.2, 0.25) is 0 Å². The molecule has 0 radical (unpaired) electrons. The molecule has 0 amide bonds. The predicted molar refractivity (Wildman–Crippen MR) is 88.7 cm³/mol. The van der Waals surface area contributed by atoms with E-state index in [-0.39, 0.29) is 11.4 Å². The summed E-state index contributed by atoms with van der Waals surface area (Å²) in [5.74, 6) is 4.56. The topological polar surface area (TPSA) is 17.1 Å². The van der Waals surface area contributed by atoms with Crippen LogP contribution in [0.4, 0.5) is 8.78 Å². The maximum absolute atomic E-state index is 13.7. The normalized spacial score (nSPS) is 9.92. The molecule has 3 rings (SSSR count). The zero-order valence-corrected chi connectivity index (χ0v) is 12.6. The fourth-order valence-electron chi connectivity index (χ4n) is 2.22. The minimum Gasteiger partial charge on any atom is -0.288 e. The molecule has 0 unspecified atom stereocenters. The van der Waals surface area contributed by atoms with Crippen LogP contribution >= 0.6 is 0 Å². The van der Waals surface area contributed by atoms with Crippen molar-refractivity contribution in [3.63, 3.8) is 0 Å². The van der Waals surface area contributed by atoms with Gasteiger partial charge in [0.25, 0.3) is 0 Å². The van der Waals surface area contributed by atoms with Crippen LogP contribution in [0, 0.1) is 23.5 Å². The molecule has 0 saturated carbocycles. The average molecular weight is 318 g/mol. The Morgan fingerprint density at radius 2 is 1.46 bits per heavy atom. The first-order valence-corrected chi connectivity index (χ1v) is 7.30. The molecule has 0 saturated heterocycles. The lowest BCUT2D eigenvalue weighted by molar-refractivity contribution is 0.103. The van der Waals surface area contributed by atoms with Crippen LogP contribution in [0.25, 0.3) is 0 Å². The number of carbonyl (C=O) groups is 1. The summed E-state index contributed by atoms with van der Waals surface area (Å²) in [7, 11) is 0. The second-order valence-electron chi connectivity index (χ2n) is 5.15. The zero-order valence-electron chi connectivity index (χ0n) is 12.6. The molecule has 3 aromatic carbocycles. The SMILES string of the molecule is O=C(c1cccc(C#Cc2ccc(F)cc2)c1)c1ccccc1F. The van der Waals surface area contributed by atoms with Crippen LogP contribution in [0.15, 0.2) is 72.8 Å². The summed E-state index contributed by atoms with van der Waals surface area (Å²) in [5, 5.41) is 0. The Morgan fingerprint density at radius 3 is 2.21 bits per heavy atom. The number of rotatable bonds is 2. The van der Waals surface area contributed by atoms with Crippen molar-refractivity contribution < 1.29 is 13.6 Å². The van der Waals surface area contributed by atoms with Gasteiger partial charge in [-0.15, -0.1) is 0 Å². The Morgan fingerprint density at radius 1 is 0.750 bits per heavy atom. The molecule has 0 aliphatic heterocycles. The Labute approximate surface area is 138 Å². The van der Waals surface area contributed by atoms with E-state index >= 15 is 0 Å². The fourth-order valence-corrected chi connectivity index (χ4v) is 2.22. The number of hydrogen-bond donors (Lipinski definition) is 0. The van der Waals surface area contributed by atoms with Crippen molar-refractivity contribution in [2.24, 2.45) is 0 Å². The van der Waals surface area contributed by atoms with Crippen LogP contribution in [0.1, 0.15) is 27.0 Å². The molecule has 0 aromatic heterocycles. The molecule has 0 bridgehead atoms. The van der Waals surface area contributed by atoms with Crippen molar-refractivity contribution in [3.05, 3.63) is 107 Å². The standard InChI is InChI=1S/C21H12F2O/c22-18-12-10-15(11-13-18)8-9-16-4-3-5-17(14-16)21(24)19-6-1-2-7-20(19)23/h1-7,10-14H. The van der Waals surface area contributed by atoms with Gasteiger partial charge in [0.1, 0.15) is 11.6 Å². The highest BCUT2D eigenvalue weighted by Gasteiger charge is 2.13. The number of ketones is 1. The van der Waals surface area contributed by atoms with Crippen LogP contribution in [0.5, 0.6) is 0 Å². The minimum atomic E-state index is -0.551. The van der Waals surface area contributed by atoms with Crippen LogP contribution in [0.3, 0.4) is 0 Å². The maximum atomic E-state index is 13.7. The molecular formula is C21H12F2O. The summed E-state index contributed by atoms with van der Waals surface area (Å²) in [6.07, 6.45) is 0. The summed E-state index contributed by atoms with van der Waals surface area (Å²) >= 11 is 0. The lowest BCUT2D eigenvalue weighted by Crippen LogP contribution is -2.04. The van der Waals surface area contributed by atoms with E-state index in [4.69, 9.17) is 0 Å². The molecule has 3 aromatic rings. The second-order valence-corrected chi connectivity index (χ2v) is 5.15. The predicted octanol–water partition coefficient (Wildman–Crippen LogP) is 4.60. The molecular weight excluding hydrogens is 306 g/mol. The summed E-state index contributed by atoms with van der Waals surface area (Å²) in [5.41, 5.74) is 1.69. The molecule has 1 nitrogen and oxygen atoms in total. The maximum Gasteiger partial charge on any atom is 0.196 e. The van der Waals surface area contributed by atoms with Crippen molar-refractivity contribution in [2.45, 2.75) is 0 Å². The lowest BCUT2D eigenvalue weighted by Gasteiger charge is -2.03. The number of hydrogen-bond acceptors (Lipinski definition) is 1. The first-order valence-electron chi connectivity index (χ1n) is 7.30. The van der Waals surface area contributed by atoms with Crippen molar-refractivity contribution in [1.29, 1.82) is 0 Å². The van der Waals surface area contributed by atoms with E-state index in [0.29, 0.717) is 16.7 Å². The highest BCUT2D eigenvalue weighted by molar-refractivity contribution is 6.09. The Hall–Kier alpha value is -3.25. The van der Waals surface area contributed by atoms with E-state index in [1.54, 1.807) is 42.5 Å². The molecule has 116 valence electrons. The molecule has 0 spiro atoms. The molecule has 24 heavy (non-hydrogen) atoms. The van der Waals surface area contributed by atoms with E-state index in [2.05, 4.69) is 11.8 Å². The monoisotopic (exact) mass is 318 g/mol. The highest BCUT2D eigenvalue weighted by Crippen LogP contribution is 2.14. The van der Waals surface area contributed by atoms with Gasteiger partial charge in [-0.3, -0.25) is 4.79 Å². The van der Waals surface area contributed by atoms with Gasteiger partial charge >= 0.3 is 0 Å². The number of benzene rings is 3. The highest BCUT2D eigenvalue weighted by atomic mass is 19.1. The van der Waals surface area contributed by atoms with Crippen molar-refractivity contribution in [1.82, 2.24) is 0 Å². The van der Waals surface area contributed by atoms with Gasteiger partial charge in [0.05, 0.1) is 5.56 Å². The van der Waals surface area contributed by atoms with Crippen LogP contribution in [-0.2, 0) is 0 Å². The van der Waals surface area contributed by atoms with E-state index in [1.165, 1.54) is 30.3 Å². The lowest BCUT2D eigenvalue weighted by atomic mass is 10.0. The van der Waals surface area contributed by atoms with Crippen molar-refractivity contribution in [3.8, 4) is 11.8 Å². The zero-order chi connectivity index (χ0) is 16.9. The van der Waals surface area contributed by atoms with Gasteiger partial charge in [-0.2, -0.15) is 0 Å². The molecule has 0 aliphatic rings. The van der Waals surface area contributed by atoms with Crippen LogP contribution < -0.4 is 0 Å². The molecule has 0 fully saturated rings. The summed E-state index contributed by atoms with van der Waals surface area (Å²) in [6.45, 7) is 0. The van der Waals surface area contributed by atoms with E-state index in [9.17, 15) is 13.6 Å². The first kappa shape index (κ1) is 15.6. The number of halogens is 2. The molecule has 0 atom stereocenters. The Bertz CT molecular complexity index is 947. The second kappa shape index (κ2) is 6.89. The van der Waals surface area contributed by atoms with E-state index in [0.717, 1.165) is 0 Å². The van der Waals surface area contributed by atoms with Gasteiger partial charge in [-0.1, -0.05) is 36.1 Å². The molecule has 0 heterocycles. The summed E-state index contributed by atoms with van der Waals surface area (Å²) < 4.78 is 26.6. The summed E-state index contributed by atoms with van der Waals surface area (Å²) in [6, 6.07) is 18.4. The van der Waals surface area contributed by atoms with Gasteiger partial charge in [-0.05, 0) is 48.5 Å². The minimum absolute atomic E-state index is 0.0288. The van der Waals surface area contributed by atoms with Gasteiger partial charge in [-0.25, -0.2) is 8.78 Å². The fraction of sp³-hybridized carbons (Fsp3) is 0. The van der Waals surface area contributed by atoms with Gasteiger partial charge in [0.15, 0.2) is 5.78 Å². The largest absolute Gasteiger partial charge is 0.288 e. The molecule has 0 N–H and O–H groups in total. The average Bonchev–Trinajstić information content (AvgIpc) is 2.61. The Balaban J connectivity index is 1.89. The number of carbonyl (C=O) groups excluding carboxylic acids is 1. The van der Waals surface area contributed by atoms with Gasteiger partial charge in [0, 0.05) is 16.7 Å². The van der Waals surface area contributed by atoms with Crippen LogP contribution in [-0.4, -0.2) is 5.78 Å². The Kier molecular flexibility index (Phi) is 4.49. The first-order chi connectivity index (χ1) is 11.6. The van der Waals surface area contributed by atoms with Crippen molar-refractivity contribution in [2.75, 3.05) is 0 Å². The van der Waals surface area contributed by atoms with E-state index in [1.807, 2.05) is 0 Å². The van der Waals surface area contributed by atoms with Crippen LogP contribution in [0.2, 0.25) is 0 Å². The third kappa shape index (κ3) is 3.56. The molecule has 0 aliphatic carbocycles. The van der Waals surface area contributed by atoms with E-state index < -0.39 is 11.6 Å².